The fourth-order valence-corrected chi connectivity index (χ4v) is 3.32. The second-order valence-corrected chi connectivity index (χ2v) is 7.27. The van der Waals surface area contributed by atoms with Gasteiger partial charge in [0, 0.05) is 22.0 Å². The van der Waals surface area contributed by atoms with Crippen molar-refractivity contribution in [1.29, 1.82) is 0 Å². The third kappa shape index (κ3) is 4.22. The smallest absolute Gasteiger partial charge is 0.296 e. The van der Waals surface area contributed by atoms with Gasteiger partial charge in [0.2, 0.25) is 0 Å². The van der Waals surface area contributed by atoms with Crippen LogP contribution < -0.4 is 15.2 Å². The van der Waals surface area contributed by atoms with Gasteiger partial charge in [-0.15, -0.1) is 11.3 Å². The molecule has 2 rings (SSSR count). The van der Waals surface area contributed by atoms with Crippen molar-refractivity contribution in [1.82, 2.24) is 0 Å². The Kier molecular flexibility index (Phi) is 4.32. The number of anilines is 2. The zero-order chi connectivity index (χ0) is 14.8. The summed E-state index contributed by atoms with van der Waals surface area (Å²) in [6, 6.07) is 9.15. The van der Waals surface area contributed by atoms with Crippen molar-refractivity contribution in [3.8, 4) is 0 Å². The third-order valence-electron chi connectivity index (χ3n) is 2.75. The molecule has 1 aromatic carbocycles. The maximum Gasteiger partial charge on any atom is 0.296 e. The highest BCUT2D eigenvalue weighted by Crippen LogP contribution is 2.22. The molecule has 0 bridgehead atoms. The van der Waals surface area contributed by atoms with Crippen LogP contribution in [0.1, 0.15) is 15.3 Å². The highest BCUT2D eigenvalue weighted by atomic mass is 32.2. The van der Waals surface area contributed by atoms with Crippen LogP contribution in [0.2, 0.25) is 0 Å². The molecular formula is C13H17N3O2S2. The molecule has 1 aromatic heterocycles. The summed E-state index contributed by atoms with van der Waals surface area (Å²) in [5.74, 6) is 0. The zero-order valence-corrected chi connectivity index (χ0v) is 12.9. The number of thiophene rings is 1. The van der Waals surface area contributed by atoms with E-state index < -0.39 is 10.2 Å². The predicted octanol–water partition coefficient (Wildman–Crippen LogP) is 2.59. The van der Waals surface area contributed by atoms with E-state index in [1.165, 1.54) is 15.3 Å². The van der Waals surface area contributed by atoms with Crippen molar-refractivity contribution in [2.24, 2.45) is 5.14 Å². The van der Waals surface area contributed by atoms with E-state index in [4.69, 9.17) is 5.14 Å². The largest absolute Gasteiger partial charge is 0.381 e. The van der Waals surface area contributed by atoms with Crippen LogP contribution in [0.15, 0.2) is 30.3 Å². The minimum atomic E-state index is -3.74. The number of benzene rings is 1. The summed E-state index contributed by atoms with van der Waals surface area (Å²) in [4.78, 5) is 2.57. The zero-order valence-electron chi connectivity index (χ0n) is 11.3. The van der Waals surface area contributed by atoms with Crippen molar-refractivity contribution in [3.63, 3.8) is 0 Å². The average Bonchev–Trinajstić information content (AvgIpc) is 2.63. The van der Waals surface area contributed by atoms with Crippen LogP contribution in [0.4, 0.5) is 11.4 Å². The van der Waals surface area contributed by atoms with Crippen molar-refractivity contribution in [2.45, 2.75) is 20.4 Å². The lowest BCUT2D eigenvalue weighted by atomic mass is 10.2. The highest BCUT2D eigenvalue weighted by Gasteiger charge is 2.05. The van der Waals surface area contributed by atoms with E-state index in [9.17, 15) is 8.42 Å². The number of nitrogens with two attached hydrogens (primary N) is 1. The van der Waals surface area contributed by atoms with Crippen molar-refractivity contribution in [2.75, 3.05) is 10.0 Å². The Morgan fingerprint density at radius 1 is 1.20 bits per heavy atom. The first-order valence-electron chi connectivity index (χ1n) is 6.04. The maximum absolute atomic E-state index is 11.0. The van der Waals surface area contributed by atoms with Crippen LogP contribution in [0, 0.1) is 13.8 Å². The molecule has 1 heterocycles. The first kappa shape index (κ1) is 14.8. The first-order chi connectivity index (χ1) is 9.33. The minimum absolute atomic E-state index is 0.440. The van der Waals surface area contributed by atoms with Gasteiger partial charge in [0.15, 0.2) is 0 Å². The summed E-state index contributed by atoms with van der Waals surface area (Å²) >= 11 is 1.77. The van der Waals surface area contributed by atoms with Crippen LogP contribution in [-0.4, -0.2) is 8.42 Å². The Balaban J connectivity index is 2.07. The molecule has 0 saturated heterocycles. The van der Waals surface area contributed by atoms with E-state index in [1.807, 2.05) is 6.07 Å². The Labute approximate surface area is 123 Å². The van der Waals surface area contributed by atoms with Gasteiger partial charge < -0.3 is 5.32 Å². The molecular weight excluding hydrogens is 294 g/mol. The molecule has 20 heavy (non-hydrogen) atoms. The average molecular weight is 311 g/mol. The predicted molar refractivity (Wildman–Crippen MR) is 84.3 cm³/mol. The van der Waals surface area contributed by atoms with Crippen LogP contribution in [-0.2, 0) is 16.8 Å². The van der Waals surface area contributed by atoms with Crippen molar-refractivity contribution in [3.05, 3.63) is 45.6 Å². The van der Waals surface area contributed by atoms with Crippen LogP contribution in [0.3, 0.4) is 0 Å². The summed E-state index contributed by atoms with van der Waals surface area (Å²) in [6.45, 7) is 4.88. The molecule has 2 aromatic rings. The summed E-state index contributed by atoms with van der Waals surface area (Å²) < 4.78 is 24.2. The molecule has 0 spiro atoms. The van der Waals surface area contributed by atoms with Gasteiger partial charge in [-0.25, -0.2) is 5.14 Å². The summed E-state index contributed by atoms with van der Waals surface area (Å²) in [5, 5.41) is 8.22. The minimum Gasteiger partial charge on any atom is -0.381 e. The normalized spacial score (nSPS) is 11.3. The molecule has 0 aliphatic carbocycles. The van der Waals surface area contributed by atoms with E-state index in [-0.39, 0.29) is 0 Å². The fraction of sp³-hybridized carbons (Fsp3) is 0.231. The number of hydrogen-bond donors (Lipinski definition) is 3. The first-order valence-corrected chi connectivity index (χ1v) is 8.40. The van der Waals surface area contributed by atoms with E-state index in [0.29, 0.717) is 12.2 Å². The molecule has 108 valence electrons. The lowest BCUT2D eigenvalue weighted by Gasteiger charge is -2.09. The molecule has 0 unspecified atom stereocenters. The quantitative estimate of drug-likeness (QED) is 0.793. The van der Waals surface area contributed by atoms with Gasteiger partial charge in [-0.3, -0.25) is 4.72 Å². The molecule has 0 amide bonds. The molecule has 7 heteroatoms. The summed E-state index contributed by atoms with van der Waals surface area (Å²) in [5.41, 5.74) is 2.52. The van der Waals surface area contributed by atoms with Crippen LogP contribution in [0.5, 0.6) is 0 Å². The molecule has 0 radical (unpaired) electrons. The Hall–Kier alpha value is -1.57. The van der Waals surface area contributed by atoms with Crippen molar-refractivity contribution >= 4 is 32.9 Å². The second kappa shape index (κ2) is 5.82. The van der Waals surface area contributed by atoms with Gasteiger partial charge in [0.05, 0.1) is 5.69 Å². The number of aryl methyl sites for hydroxylation is 2. The van der Waals surface area contributed by atoms with Crippen molar-refractivity contribution < 1.29 is 8.42 Å². The van der Waals surface area contributed by atoms with Gasteiger partial charge in [0.25, 0.3) is 10.2 Å². The molecule has 0 atom stereocenters. The summed E-state index contributed by atoms with van der Waals surface area (Å²) in [6.07, 6.45) is 0. The van der Waals surface area contributed by atoms with E-state index in [1.54, 1.807) is 29.5 Å². The standard InChI is InChI=1S/C13H17N3O2S2/c1-9-6-11(10(2)19-9)8-15-12-4-3-5-13(7-12)16-20(14,17)18/h3-7,15-16H,8H2,1-2H3,(H2,14,17,18). The van der Waals surface area contributed by atoms with Gasteiger partial charge in [-0.1, -0.05) is 6.07 Å². The van der Waals surface area contributed by atoms with E-state index in [2.05, 4.69) is 30.0 Å². The number of rotatable bonds is 5. The molecule has 0 aliphatic heterocycles. The monoisotopic (exact) mass is 311 g/mol. The topological polar surface area (TPSA) is 84.2 Å². The Morgan fingerprint density at radius 3 is 2.50 bits per heavy atom. The number of hydrogen-bond acceptors (Lipinski definition) is 4. The fourth-order valence-electron chi connectivity index (χ4n) is 1.91. The van der Waals surface area contributed by atoms with Crippen LogP contribution >= 0.6 is 11.3 Å². The Morgan fingerprint density at radius 2 is 1.90 bits per heavy atom. The van der Waals surface area contributed by atoms with E-state index in [0.717, 1.165) is 5.69 Å². The molecule has 4 N–H and O–H groups in total. The molecule has 0 aliphatic rings. The Bertz CT molecular complexity index is 708. The van der Waals surface area contributed by atoms with Gasteiger partial charge in [-0.05, 0) is 43.7 Å². The SMILES string of the molecule is Cc1cc(CNc2cccc(NS(N)(=O)=O)c2)c(C)s1. The maximum atomic E-state index is 11.0. The highest BCUT2D eigenvalue weighted by molar-refractivity contribution is 7.90. The molecule has 0 fully saturated rings. The number of nitrogens with one attached hydrogen (secondary N) is 2. The van der Waals surface area contributed by atoms with Crippen LogP contribution in [0.25, 0.3) is 0 Å². The van der Waals surface area contributed by atoms with E-state index >= 15 is 0 Å². The molecule has 0 saturated carbocycles. The van der Waals surface area contributed by atoms with Gasteiger partial charge >= 0.3 is 0 Å². The third-order valence-corrected chi connectivity index (χ3v) is 4.28. The lowest BCUT2D eigenvalue weighted by Crippen LogP contribution is -2.21. The summed E-state index contributed by atoms with van der Waals surface area (Å²) in [7, 11) is -3.74. The lowest BCUT2D eigenvalue weighted by molar-refractivity contribution is 0.603. The second-order valence-electron chi connectivity index (χ2n) is 4.52. The molecule has 5 nitrogen and oxygen atoms in total. The van der Waals surface area contributed by atoms with Gasteiger partial charge in [-0.2, -0.15) is 8.42 Å². The van der Waals surface area contributed by atoms with Gasteiger partial charge in [0.1, 0.15) is 0 Å².